The number of piperidine rings is 1. The van der Waals surface area contributed by atoms with Gasteiger partial charge in [-0.15, -0.1) is 0 Å². The van der Waals surface area contributed by atoms with Gasteiger partial charge >= 0.3 is 0 Å². The van der Waals surface area contributed by atoms with Crippen molar-refractivity contribution >= 4 is 11.7 Å². The van der Waals surface area contributed by atoms with E-state index in [9.17, 15) is 9.59 Å². The molecule has 1 heterocycles. The van der Waals surface area contributed by atoms with Gasteiger partial charge < -0.3 is 5.32 Å². The van der Waals surface area contributed by atoms with Gasteiger partial charge in [0.15, 0.2) is 0 Å². The predicted molar refractivity (Wildman–Crippen MR) is 63.1 cm³/mol. The summed E-state index contributed by atoms with van der Waals surface area (Å²) in [6.45, 7) is 9.14. The van der Waals surface area contributed by atoms with E-state index in [0.29, 0.717) is 25.3 Å². The molecule has 1 fully saturated rings. The van der Waals surface area contributed by atoms with Gasteiger partial charge in [-0.3, -0.25) is 14.5 Å². The van der Waals surface area contributed by atoms with Crippen LogP contribution in [0, 0.1) is 5.92 Å². The molecule has 0 saturated carbocycles. The summed E-state index contributed by atoms with van der Waals surface area (Å²) in [6.07, 6.45) is 0.570. The Bertz CT molecular complexity index is 276. The second kappa shape index (κ2) is 5.43. The van der Waals surface area contributed by atoms with Gasteiger partial charge in [0.25, 0.3) is 0 Å². The van der Waals surface area contributed by atoms with Crippen molar-refractivity contribution < 1.29 is 9.59 Å². The summed E-state index contributed by atoms with van der Waals surface area (Å²) in [5, 5.41) is 2.90. The van der Waals surface area contributed by atoms with Crippen LogP contribution in [0.3, 0.4) is 0 Å². The summed E-state index contributed by atoms with van der Waals surface area (Å²) in [6, 6.07) is 0.0248. The zero-order valence-electron chi connectivity index (χ0n) is 10.6. The number of nitrogens with zero attached hydrogens (tertiary/aromatic N) is 1. The van der Waals surface area contributed by atoms with Crippen LogP contribution < -0.4 is 5.32 Å². The van der Waals surface area contributed by atoms with Crippen molar-refractivity contribution in [2.75, 3.05) is 13.1 Å². The molecule has 16 heavy (non-hydrogen) atoms. The number of hydrogen-bond acceptors (Lipinski definition) is 3. The van der Waals surface area contributed by atoms with Crippen molar-refractivity contribution in [1.29, 1.82) is 0 Å². The minimum atomic E-state index is -0.141. The van der Waals surface area contributed by atoms with Gasteiger partial charge in [-0.05, 0) is 20.8 Å². The molecule has 0 aromatic heterocycles. The molecule has 1 amide bonds. The van der Waals surface area contributed by atoms with E-state index in [1.54, 1.807) is 0 Å². The highest BCUT2D eigenvalue weighted by Gasteiger charge is 2.29. The molecular weight excluding hydrogens is 204 g/mol. The van der Waals surface area contributed by atoms with E-state index >= 15 is 0 Å². The molecule has 1 saturated heterocycles. The fourth-order valence-corrected chi connectivity index (χ4v) is 1.97. The third kappa shape index (κ3) is 3.30. The van der Waals surface area contributed by atoms with E-state index in [1.807, 2.05) is 27.7 Å². The molecule has 0 spiro atoms. The Kier molecular flexibility index (Phi) is 4.47. The SMILES string of the molecule is CC(C)NC(=O)C(C)N1CCC(=O)C(C)C1. The van der Waals surface area contributed by atoms with Gasteiger partial charge in [-0.2, -0.15) is 0 Å². The van der Waals surface area contributed by atoms with Crippen LogP contribution in [0.1, 0.15) is 34.1 Å². The highest BCUT2D eigenvalue weighted by Crippen LogP contribution is 2.14. The van der Waals surface area contributed by atoms with Crippen LogP contribution in [0.5, 0.6) is 0 Å². The zero-order chi connectivity index (χ0) is 12.3. The van der Waals surface area contributed by atoms with E-state index in [-0.39, 0.29) is 23.9 Å². The van der Waals surface area contributed by atoms with Gasteiger partial charge in [0.2, 0.25) is 5.91 Å². The molecule has 2 unspecified atom stereocenters. The highest BCUT2D eigenvalue weighted by atomic mass is 16.2. The number of carbonyl (C=O) groups excluding carboxylic acids is 2. The van der Waals surface area contributed by atoms with Gasteiger partial charge in [0.1, 0.15) is 5.78 Å². The van der Waals surface area contributed by atoms with Gasteiger partial charge in [0.05, 0.1) is 6.04 Å². The van der Waals surface area contributed by atoms with E-state index in [4.69, 9.17) is 0 Å². The molecule has 1 aliphatic heterocycles. The normalized spacial score (nSPS) is 24.6. The molecule has 1 aliphatic rings. The molecule has 0 aromatic carbocycles. The quantitative estimate of drug-likeness (QED) is 0.775. The molecule has 92 valence electrons. The Labute approximate surface area is 97.4 Å². The maximum atomic E-state index is 11.8. The van der Waals surface area contributed by atoms with Crippen LogP contribution in [-0.4, -0.2) is 41.8 Å². The van der Waals surface area contributed by atoms with Crippen LogP contribution >= 0.6 is 0 Å². The minimum absolute atomic E-state index is 0.0524. The van der Waals surface area contributed by atoms with Crippen molar-refractivity contribution in [1.82, 2.24) is 10.2 Å². The number of ketones is 1. The van der Waals surface area contributed by atoms with E-state index in [1.165, 1.54) is 0 Å². The molecule has 1 N–H and O–H groups in total. The zero-order valence-corrected chi connectivity index (χ0v) is 10.6. The molecule has 2 atom stereocenters. The number of carbonyl (C=O) groups is 2. The fourth-order valence-electron chi connectivity index (χ4n) is 1.97. The van der Waals surface area contributed by atoms with Crippen molar-refractivity contribution in [3.05, 3.63) is 0 Å². The molecule has 4 nitrogen and oxygen atoms in total. The lowest BCUT2D eigenvalue weighted by atomic mass is 9.97. The molecule has 0 aromatic rings. The maximum Gasteiger partial charge on any atom is 0.237 e. The molecule has 0 aliphatic carbocycles. The lowest BCUT2D eigenvalue weighted by molar-refractivity contribution is -0.132. The average molecular weight is 226 g/mol. The van der Waals surface area contributed by atoms with Crippen molar-refractivity contribution in [2.45, 2.75) is 46.2 Å². The first kappa shape index (κ1) is 13.2. The smallest absolute Gasteiger partial charge is 0.237 e. The van der Waals surface area contributed by atoms with E-state index in [0.717, 1.165) is 0 Å². The Balaban J connectivity index is 2.51. The summed E-state index contributed by atoms with van der Waals surface area (Å²) in [7, 11) is 0. The molecule has 0 radical (unpaired) electrons. The molecule has 0 bridgehead atoms. The molecule has 4 heteroatoms. The number of likely N-dealkylation sites (tertiary alicyclic amines) is 1. The highest BCUT2D eigenvalue weighted by molar-refractivity contribution is 5.84. The second-order valence-corrected chi connectivity index (χ2v) is 4.95. The van der Waals surface area contributed by atoms with Crippen LogP contribution in [-0.2, 0) is 9.59 Å². The number of amides is 1. The monoisotopic (exact) mass is 226 g/mol. The van der Waals surface area contributed by atoms with Crippen molar-refractivity contribution in [3.63, 3.8) is 0 Å². The lowest BCUT2D eigenvalue weighted by Crippen LogP contribution is -2.51. The van der Waals surface area contributed by atoms with E-state index in [2.05, 4.69) is 10.2 Å². The lowest BCUT2D eigenvalue weighted by Gasteiger charge is -2.34. The van der Waals surface area contributed by atoms with Crippen LogP contribution in [0.2, 0.25) is 0 Å². The Morgan fingerprint density at radius 2 is 2.06 bits per heavy atom. The second-order valence-electron chi connectivity index (χ2n) is 4.95. The summed E-state index contributed by atoms with van der Waals surface area (Å²) in [4.78, 5) is 25.3. The standard InChI is InChI=1S/C12H22N2O2/c1-8(2)13-12(16)10(4)14-6-5-11(15)9(3)7-14/h8-10H,5-7H2,1-4H3,(H,13,16). The predicted octanol–water partition coefficient (Wildman–Crippen LogP) is 0.810. The Morgan fingerprint density at radius 1 is 1.44 bits per heavy atom. The van der Waals surface area contributed by atoms with Crippen LogP contribution in [0.15, 0.2) is 0 Å². The van der Waals surface area contributed by atoms with Gasteiger partial charge in [-0.25, -0.2) is 0 Å². The van der Waals surface area contributed by atoms with E-state index < -0.39 is 0 Å². The van der Waals surface area contributed by atoms with Crippen LogP contribution in [0.4, 0.5) is 0 Å². The third-order valence-electron chi connectivity index (χ3n) is 3.06. The molecule has 1 rings (SSSR count). The Hall–Kier alpha value is -0.900. The van der Waals surface area contributed by atoms with Crippen molar-refractivity contribution in [3.8, 4) is 0 Å². The summed E-state index contributed by atoms with van der Waals surface area (Å²) >= 11 is 0. The minimum Gasteiger partial charge on any atom is -0.353 e. The third-order valence-corrected chi connectivity index (χ3v) is 3.06. The number of Topliss-reactive ketones (excluding diaryl/α,β-unsaturated/α-hetero) is 1. The summed E-state index contributed by atoms with van der Waals surface area (Å²) in [5.41, 5.74) is 0. The first-order valence-corrected chi connectivity index (χ1v) is 5.99. The number of hydrogen-bond donors (Lipinski definition) is 1. The fraction of sp³-hybridized carbons (Fsp3) is 0.833. The van der Waals surface area contributed by atoms with Crippen molar-refractivity contribution in [2.24, 2.45) is 5.92 Å². The average Bonchev–Trinajstić information content (AvgIpc) is 2.20. The Morgan fingerprint density at radius 3 is 2.56 bits per heavy atom. The van der Waals surface area contributed by atoms with Gasteiger partial charge in [-0.1, -0.05) is 6.92 Å². The summed E-state index contributed by atoms with van der Waals surface area (Å²) in [5.74, 6) is 0.423. The number of rotatable bonds is 3. The first-order valence-electron chi connectivity index (χ1n) is 5.99. The van der Waals surface area contributed by atoms with Crippen LogP contribution in [0.25, 0.3) is 0 Å². The largest absolute Gasteiger partial charge is 0.353 e. The summed E-state index contributed by atoms with van der Waals surface area (Å²) < 4.78 is 0. The first-order chi connectivity index (χ1) is 7.41. The van der Waals surface area contributed by atoms with Gasteiger partial charge in [0, 0.05) is 31.5 Å². The topological polar surface area (TPSA) is 49.4 Å². The maximum absolute atomic E-state index is 11.8. The number of nitrogens with one attached hydrogen (secondary N) is 1. The molecular formula is C12H22N2O2.